The summed E-state index contributed by atoms with van der Waals surface area (Å²) in [5, 5.41) is 28.1. The van der Waals surface area contributed by atoms with Crippen LogP contribution in [-0.4, -0.2) is 57.3 Å². The van der Waals surface area contributed by atoms with E-state index in [0.717, 1.165) is 19.3 Å². The minimum Gasteiger partial charge on any atom is -0.481 e. The van der Waals surface area contributed by atoms with Gasteiger partial charge in [-0.15, -0.1) is 0 Å². The summed E-state index contributed by atoms with van der Waals surface area (Å²) in [6, 6.07) is 0. The largest absolute Gasteiger partial charge is 0.481 e. The lowest BCUT2D eigenvalue weighted by molar-refractivity contribution is -0.886. The van der Waals surface area contributed by atoms with Crippen LogP contribution in [-0.2, 0) is 14.4 Å². The number of carbonyl (C=O) groups is 3. The summed E-state index contributed by atoms with van der Waals surface area (Å²) in [6.07, 6.45) is 11.6. The number of rotatable bonds is 17. The minimum absolute atomic E-state index is 0.0459. The molecule has 0 aromatic heterocycles. The lowest BCUT2D eigenvalue weighted by atomic mass is 10.0. The molecule has 0 aromatic carbocycles. The number of allylic oxidation sites excluding steroid dienone is 1. The average Bonchev–Trinajstić information content (AvgIpc) is 2.63. The summed E-state index contributed by atoms with van der Waals surface area (Å²) in [7, 11) is 0. The predicted octanol–water partition coefficient (Wildman–Crippen LogP) is 4.23. The monoisotopic (exact) mass is 414 g/mol. The zero-order chi connectivity index (χ0) is 22.4. The highest BCUT2D eigenvalue weighted by Crippen LogP contribution is 2.21. The Morgan fingerprint density at radius 3 is 1.48 bits per heavy atom. The smallest absolute Gasteiger partial charge is 0.311 e. The van der Waals surface area contributed by atoms with Crippen LogP contribution < -0.4 is 0 Å². The molecule has 0 saturated carbocycles. The van der Waals surface area contributed by atoms with Gasteiger partial charge < -0.3 is 15.3 Å². The van der Waals surface area contributed by atoms with Crippen molar-refractivity contribution in [1.29, 1.82) is 0 Å². The van der Waals surface area contributed by atoms with Gasteiger partial charge in [0, 0.05) is 0 Å². The van der Waals surface area contributed by atoms with Crippen molar-refractivity contribution in [2.75, 3.05) is 19.6 Å². The number of carboxylic acids is 3. The van der Waals surface area contributed by atoms with Gasteiger partial charge in [-0.2, -0.15) is 0 Å². The van der Waals surface area contributed by atoms with Crippen LogP contribution in [0.3, 0.4) is 0 Å². The first kappa shape index (κ1) is 27.1. The average molecular weight is 415 g/mol. The number of aliphatic carboxylic acids is 3. The van der Waals surface area contributed by atoms with Crippen LogP contribution in [0.15, 0.2) is 12.3 Å². The Kier molecular flexibility index (Phi) is 13.2. The second-order valence-electron chi connectivity index (χ2n) is 8.43. The molecule has 0 aliphatic carbocycles. The van der Waals surface area contributed by atoms with E-state index < -0.39 is 35.7 Å². The van der Waals surface area contributed by atoms with Gasteiger partial charge in [-0.05, 0) is 39.7 Å². The van der Waals surface area contributed by atoms with E-state index in [9.17, 15) is 29.7 Å². The zero-order valence-corrected chi connectivity index (χ0v) is 18.5. The molecule has 0 amide bonds. The van der Waals surface area contributed by atoms with Gasteiger partial charge >= 0.3 is 17.9 Å². The Bertz CT molecular complexity index is 490. The number of unbranched alkanes of at least 4 members (excludes halogenated alkanes) is 6. The highest BCUT2D eigenvalue weighted by molar-refractivity contribution is 5.70. The second kappa shape index (κ2) is 14.1. The highest BCUT2D eigenvalue weighted by Gasteiger charge is 2.37. The van der Waals surface area contributed by atoms with Crippen LogP contribution in [0.4, 0.5) is 0 Å². The molecular formula is C22H40NO6+. The zero-order valence-electron chi connectivity index (χ0n) is 18.5. The van der Waals surface area contributed by atoms with E-state index in [2.05, 4.69) is 6.92 Å². The molecule has 0 saturated heterocycles. The Morgan fingerprint density at radius 2 is 1.10 bits per heavy atom. The first-order valence-corrected chi connectivity index (χ1v) is 10.8. The molecule has 0 aliphatic rings. The van der Waals surface area contributed by atoms with Crippen molar-refractivity contribution in [2.45, 2.75) is 72.6 Å². The van der Waals surface area contributed by atoms with Crippen molar-refractivity contribution in [2.24, 2.45) is 17.8 Å². The van der Waals surface area contributed by atoms with Crippen molar-refractivity contribution in [3.63, 3.8) is 0 Å². The van der Waals surface area contributed by atoms with Gasteiger partial charge in [-0.25, -0.2) is 0 Å². The van der Waals surface area contributed by atoms with Crippen LogP contribution in [0.2, 0.25) is 0 Å². The normalized spacial score (nSPS) is 16.8. The van der Waals surface area contributed by atoms with E-state index in [0.29, 0.717) is 0 Å². The van der Waals surface area contributed by atoms with Gasteiger partial charge in [0.15, 0.2) is 0 Å². The third-order valence-electron chi connectivity index (χ3n) is 5.32. The molecule has 3 unspecified atom stereocenters. The van der Waals surface area contributed by atoms with Crippen molar-refractivity contribution < 1.29 is 34.2 Å². The molecule has 0 heterocycles. The van der Waals surface area contributed by atoms with Gasteiger partial charge in [-0.3, -0.25) is 18.9 Å². The fourth-order valence-electron chi connectivity index (χ4n) is 3.62. The Hall–Kier alpha value is -1.89. The number of quaternary nitrogens is 1. The van der Waals surface area contributed by atoms with E-state index in [-0.39, 0.29) is 24.1 Å². The maximum atomic E-state index is 11.5. The number of hydrogen-bond acceptors (Lipinski definition) is 3. The number of nitrogens with zero attached hydrogens (tertiary/aromatic N) is 1. The molecule has 0 rings (SSSR count). The summed E-state index contributed by atoms with van der Waals surface area (Å²) in [5.74, 6) is -5.05. The first-order chi connectivity index (χ1) is 13.5. The third-order valence-corrected chi connectivity index (χ3v) is 5.32. The summed E-state index contributed by atoms with van der Waals surface area (Å²) in [6.45, 7) is 7.40. The summed E-state index contributed by atoms with van der Waals surface area (Å²) < 4.78 is 0.0459. The maximum absolute atomic E-state index is 11.5. The molecule has 3 N–H and O–H groups in total. The molecule has 0 aromatic rings. The molecule has 0 fully saturated rings. The van der Waals surface area contributed by atoms with Gasteiger partial charge in [-0.1, -0.05) is 39.0 Å². The molecule has 0 spiro atoms. The minimum atomic E-state index is -0.970. The van der Waals surface area contributed by atoms with E-state index >= 15 is 0 Å². The third kappa shape index (κ3) is 11.6. The summed E-state index contributed by atoms with van der Waals surface area (Å²) in [5.41, 5.74) is 0. The molecule has 3 atom stereocenters. The molecular weight excluding hydrogens is 374 g/mol. The number of carboxylic acid groups (broad SMARTS) is 3. The number of hydrogen-bond donors (Lipinski definition) is 3. The summed E-state index contributed by atoms with van der Waals surface area (Å²) >= 11 is 0. The first-order valence-electron chi connectivity index (χ1n) is 10.8. The Morgan fingerprint density at radius 1 is 0.724 bits per heavy atom. The van der Waals surface area contributed by atoms with E-state index in [1.165, 1.54) is 25.7 Å². The fourth-order valence-corrected chi connectivity index (χ4v) is 3.62. The standard InChI is InChI=1S/C22H39NO6/c1-5-6-7-8-9-10-11-12-13-23(14-17(2)20(24)25,15-18(3)21(26)27)16-19(4)22(28)29/h12-13,17-19H,5-11,14-16H2,1-4H3,(H2-,24,25,26,27,28,29)/p+1/b13-12+. The summed E-state index contributed by atoms with van der Waals surface area (Å²) in [4.78, 5) is 34.4. The Balaban J connectivity index is 5.39. The van der Waals surface area contributed by atoms with Crippen LogP contribution in [0.25, 0.3) is 0 Å². The van der Waals surface area contributed by atoms with Crippen molar-refractivity contribution in [1.82, 2.24) is 0 Å². The maximum Gasteiger partial charge on any atom is 0.311 e. The fraction of sp³-hybridized carbons (Fsp3) is 0.773. The van der Waals surface area contributed by atoms with Crippen molar-refractivity contribution >= 4 is 17.9 Å². The molecule has 0 aliphatic heterocycles. The topological polar surface area (TPSA) is 112 Å². The Labute approximate surface area is 175 Å². The predicted molar refractivity (Wildman–Crippen MR) is 112 cm³/mol. The van der Waals surface area contributed by atoms with E-state index in [1.54, 1.807) is 20.8 Å². The second-order valence-corrected chi connectivity index (χ2v) is 8.43. The van der Waals surface area contributed by atoms with Crippen molar-refractivity contribution in [3.8, 4) is 0 Å². The lowest BCUT2D eigenvalue weighted by Gasteiger charge is -2.38. The quantitative estimate of drug-likeness (QED) is 0.243. The van der Waals surface area contributed by atoms with Crippen molar-refractivity contribution in [3.05, 3.63) is 12.3 Å². The molecule has 7 heteroatoms. The van der Waals surface area contributed by atoms with Crippen LogP contribution >= 0.6 is 0 Å². The van der Waals surface area contributed by atoms with Gasteiger partial charge in [0.05, 0.1) is 25.8 Å². The van der Waals surface area contributed by atoms with Crippen LogP contribution in [0.1, 0.15) is 72.6 Å². The van der Waals surface area contributed by atoms with Gasteiger partial charge in [0.25, 0.3) is 0 Å². The van der Waals surface area contributed by atoms with Gasteiger partial charge in [0.1, 0.15) is 17.8 Å². The SMILES string of the molecule is CCCCCCCC/C=C/[N+](CC(C)C(=O)O)(CC(C)C(=O)O)CC(C)C(=O)O. The molecule has 168 valence electrons. The van der Waals surface area contributed by atoms with E-state index in [4.69, 9.17) is 0 Å². The van der Waals surface area contributed by atoms with E-state index in [1.807, 2.05) is 12.3 Å². The molecule has 0 radical (unpaired) electrons. The lowest BCUT2D eigenvalue weighted by Crippen LogP contribution is -2.53. The van der Waals surface area contributed by atoms with Crippen LogP contribution in [0, 0.1) is 17.8 Å². The van der Waals surface area contributed by atoms with Gasteiger partial charge in [0.2, 0.25) is 0 Å². The molecule has 7 nitrogen and oxygen atoms in total. The van der Waals surface area contributed by atoms with Crippen LogP contribution in [0.5, 0.6) is 0 Å². The molecule has 0 bridgehead atoms. The molecule has 29 heavy (non-hydrogen) atoms. The highest BCUT2D eigenvalue weighted by atomic mass is 16.4.